The Balaban J connectivity index is 1.80. The lowest BCUT2D eigenvalue weighted by Crippen LogP contribution is -2.04. The van der Waals surface area contributed by atoms with Crippen LogP contribution in [0.25, 0.3) is 11.1 Å². The van der Waals surface area contributed by atoms with Crippen LogP contribution < -0.4 is 10.5 Å². The van der Waals surface area contributed by atoms with Gasteiger partial charge in [0.1, 0.15) is 12.4 Å². The quantitative estimate of drug-likeness (QED) is 0.558. The van der Waals surface area contributed by atoms with Crippen LogP contribution in [0.1, 0.15) is 15.9 Å². The lowest BCUT2D eigenvalue weighted by atomic mass is 9.99. The molecule has 2 N–H and O–H groups in total. The standard InChI is InChI=1S/C21H19NO3/c1-24-21(23)20-13-17(22)9-12-19(20)16-7-10-18(11-8-16)25-14-15-5-3-2-4-6-15/h2-13H,14,22H2,1H3. The van der Waals surface area contributed by atoms with E-state index >= 15 is 0 Å². The van der Waals surface area contributed by atoms with Crippen molar-refractivity contribution >= 4 is 11.7 Å². The maximum atomic E-state index is 12.0. The van der Waals surface area contributed by atoms with Crippen LogP contribution in [0, 0.1) is 0 Å². The van der Waals surface area contributed by atoms with Gasteiger partial charge in [-0.25, -0.2) is 4.79 Å². The van der Waals surface area contributed by atoms with Crippen molar-refractivity contribution in [3.63, 3.8) is 0 Å². The number of carbonyl (C=O) groups is 1. The lowest BCUT2D eigenvalue weighted by Gasteiger charge is -2.11. The zero-order chi connectivity index (χ0) is 17.6. The van der Waals surface area contributed by atoms with E-state index in [4.69, 9.17) is 15.2 Å². The van der Waals surface area contributed by atoms with Crippen molar-refractivity contribution in [2.24, 2.45) is 0 Å². The molecule has 0 aliphatic carbocycles. The molecule has 0 aromatic heterocycles. The van der Waals surface area contributed by atoms with Gasteiger partial charge in [0.15, 0.2) is 0 Å². The molecule has 0 saturated carbocycles. The molecule has 0 spiro atoms. The topological polar surface area (TPSA) is 61.5 Å². The molecule has 0 unspecified atom stereocenters. The number of rotatable bonds is 5. The number of anilines is 1. The van der Waals surface area contributed by atoms with Crippen LogP contribution in [0.2, 0.25) is 0 Å². The van der Waals surface area contributed by atoms with Crippen molar-refractivity contribution in [2.75, 3.05) is 12.8 Å². The van der Waals surface area contributed by atoms with Gasteiger partial charge < -0.3 is 15.2 Å². The summed E-state index contributed by atoms with van der Waals surface area (Å²) in [6.45, 7) is 0.509. The molecule has 4 nitrogen and oxygen atoms in total. The SMILES string of the molecule is COC(=O)c1cc(N)ccc1-c1ccc(OCc2ccccc2)cc1. The number of hydrogen-bond donors (Lipinski definition) is 1. The number of esters is 1. The molecule has 3 aromatic carbocycles. The molecule has 0 aliphatic heterocycles. The highest BCUT2D eigenvalue weighted by molar-refractivity contribution is 5.98. The van der Waals surface area contributed by atoms with Gasteiger partial charge in [-0.1, -0.05) is 48.5 Å². The number of nitrogen functional groups attached to an aromatic ring is 1. The van der Waals surface area contributed by atoms with Gasteiger partial charge in [0.25, 0.3) is 0 Å². The Bertz CT molecular complexity index is 858. The summed E-state index contributed by atoms with van der Waals surface area (Å²) in [5.41, 5.74) is 9.53. The van der Waals surface area contributed by atoms with Crippen molar-refractivity contribution in [1.29, 1.82) is 0 Å². The fraction of sp³-hybridized carbons (Fsp3) is 0.0952. The molecular weight excluding hydrogens is 314 g/mol. The highest BCUT2D eigenvalue weighted by Gasteiger charge is 2.13. The Hall–Kier alpha value is -3.27. The Kier molecular flexibility index (Phi) is 5.00. The molecule has 0 radical (unpaired) electrons. The van der Waals surface area contributed by atoms with Crippen molar-refractivity contribution in [3.05, 3.63) is 83.9 Å². The molecule has 0 amide bonds. The molecule has 25 heavy (non-hydrogen) atoms. The van der Waals surface area contributed by atoms with Crippen LogP contribution in [0.3, 0.4) is 0 Å². The number of benzene rings is 3. The highest BCUT2D eigenvalue weighted by atomic mass is 16.5. The van der Waals surface area contributed by atoms with E-state index < -0.39 is 5.97 Å². The monoisotopic (exact) mass is 333 g/mol. The lowest BCUT2D eigenvalue weighted by molar-refractivity contribution is 0.0601. The summed E-state index contributed by atoms with van der Waals surface area (Å²) in [4.78, 5) is 12.0. The molecule has 0 heterocycles. The fourth-order valence-corrected chi connectivity index (χ4v) is 2.56. The predicted molar refractivity (Wildman–Crippen MR) is 98.4 cm³/mol. The average Bonchev–Trinajstić information content (AvgIpc) is 2.67. The normalized spacial score (nSPS) is 10.3. The summed E-state index contributed by atoms with van der Waals surface area (Å²) in [6.07, 6.45) is 0. The van der Waals surface area contributed by atoms with Gasteiger partial charge in [-0.05, 0) is 41.0 Å². The van der Waals surface area contributed by atoms with E-state index in [1.54, 1.807) is 12.1 Å². The van der Waals surface area contributed by atoms with Crippen LogP contribution in [-0.4, -0.2) is 13.1 Å². The number of hydrogen-bond acceptors (Lipinski definition) is 4. The van der Waals surface area contributed by atoms with Crippen LogP contribution in [0.5, 0.6) is 5.75 Å². The van der Waals surface area contributed by atoms with Crippen molar-refractivity contribution in [2.45, 2.75) is 6.61 Å². The summed E-state index contributed by atoms with van der Waals surface area (Å²) < 4.78 is 10.6. The smallest absolute Gasteiger partial charge is 0.338 e. The van der Waals surface area contributed by atoms with E-state index in [0.717, 1.165) is 22.4 Å². The van der Waals surface area contributed by atoms with E-state index in [9.17, 15) is 4.79 Å². The van der Waals surface area contributed by atoms with Crippen LogP contribution >= 0.6 is 0 Å². The molecular formula is C21H19NO3. The van der Waals surface area contributed by atoms with E-state index in [2.05, 4.69) is 0 Å². The summed E-state index contributed by atoms with van der Waals surface area (Å²) in [6, 6.07) is 22.8. The van der Waals surface area contributed by atoms with Gasteiger partial charge in [-0.15, -0.1) is 0 Å². The third-order valence-corrected chi connectivity index (χ3v) is 3.86. The molecule has 0 atom stereocenters. The second-order valence-electron chi connectivity index (χ2n) is 5.60. The van der Waals surface area contributed by atoms with E-state index in [0.29, 0.717) is 17.9 Å². The molecule has 0 bridgehead atoms. The molecule has 126 valence electrons. The van der Waals surface area contributed by atoms with Gasteiger partial charge in [-0.2, -0.15) is 0 Å². The molecule has 3 rings (SSSR count). The third-order valence-electron chi connectivity index (χ3n) is 3.86. The average molecular weight is 333 g/mol. The second kappa shape index (κ2) is 7.53. The maximum Gasteiger partial charge on any atom is 0.338 e. The Morgan fingerprint density at radius 1 is 0.960 bits per heavy atom. The number of methoxy groups -OCH3 is 1. The minimum absolute atomic E-state index is 0.410. The molecule has 0 aliphatic rings. The summed E-state index contributed by atoms with van der Waals surface area (Å²) in [5.74, 6) is 0.356. The first-order valence-electron chi connectivity index (χ1n) is 7.92. The summed E-state index contributed by atoms with van der Waals surface area (Å²) in [7, 11) is 1.36. The first-order valence-corrected chi connectivity index (χ1v) is 7.92. The zero-order valence-electron chi connectivity index (χ0n) is 13.9. The van der Waals surface area contributed by atoms with Gasteiger partial charge >= 0.3 is 5.97 Å². The van der Waals surface area contributed by atoms with E-state index in [1.165, 1.54) is 7.11 Å². The largest absolute Gasteiger partial charge is 0.489 e. The van der Waals surface area contributed by atoms with Crippen LogP contribution in [0.4, 0.5) is 5.69 Å². The number of carbonyl (C=O) groups excluding carboxylic acids is 1. The highest BCUT2D eigenvalue weighted by Crippen LogP contribution is 2.28. The zero-order valence-corrected chi connectivity index (χ0v) is 13.9. The van der Waals surface area contributed by atoms with Crippen molar-refractivity contribution in [3.8, 4) is 16.9 Å². The minimum atomic E-state index is -0.410. The summed E-state index contributed by atoms with van der Waals surface area (Å²) in [5, 5.41) is 0. The van der Waals surface area contributed by atoms with Gasteiger partial charge in [-0.3, -0.25) is 0 Å². The number of nitrogens with two attached hydrogens (primary N) is 1. The molecule has 4 heteroatoms. The molecule has 0 fully saturated rings. The molecule has 3 aromatic rings. The van der Waals surface area contributed by atoms with Gasteiger partial charge in [0.05, 0.1) is 12.7 Å². The Labute approximate surface area is 146 Å². The molecule has 0 saturated heterocycles. The van der Waals surface area contributed by atoms with E-state index in [-0.39, 0.29) is 0 Å². The van der Waals surface area contributed by atoms with Crippen LogP contribution in [-0.2, 0) is 11.3 Å². The number of ether oxygens (including phenoxy) is 2. The Morgan fingerprint density at radius 2 is 1.68 bits per heavy atom. The first-order chi connectivity index (χ1) is 12.2. The summed E-state index contributed by atoms with van der Waals surface area (Å²) >= 11 is 0. The van der Waals surface area contributed by atoms with Gasteiger partial charge in [0.2, 0.25) is 0 Å². The Morgan fingerprint density at radius 3 is 2.36 bits per heavy atom. The van der Waals surface area contributed by atoms with E-state index in [1.807, 2.05) is 60.7 Å². The fourth-order valence-electron chi connectivity index (χ4n) is 2.56. The predicted octanol–water partition coefficient (Wildman–Crippen LogP) is 4.30. The minimum Gasteiger partial charge on any atom is -0.489 e. The first kappa shape index (κ1) is 16.6. The van der Waals surface area contributed by atoms with Crippen molar-refractivity contribution in [1.82, 2.24) is 0 Å². The van der Waals surface area contributed by atoms with Crippen LogP contribution in [0.15, 0.2) is 72.8 Å². The van der Waals surface area contributed by atoms with Crippen molar-refractivity contribution < 1.29 is 14.3 Å². The third kappa shape index (κ3) is 3.98. The van der Waals surface area contributed by atoms with Gasteiger partial charge in [0, 0.05) is 5.69 Å². The second-order valence-corrected chi connectivity index (χ2v) is 5.60. The maximum absolute atomic E-state index is 12.0.